The fourth-order valence-electron chi connectivity index (χ4n) is 3.67. The molecule has 1 N–H and O–H groups in total. The van der Waals surface area contributed by atoms with Crippen LogP contribution in [0.2, 0.25) is 5.02 Å². The lowest BCUT2D eigenvalue weighted by molar-refractivity contribution is 0.0946. The highest BCUT2D eigenvalue weighted by Gasteiger charge is 2.13. The van der Waals surface area contributed by atoms with Gasteiger partial charge in [0.05, 0.1) is 5.02 Å². The van der Waals surface area contributed by atoms with E-state index in [9.17, 15) is 9.18 Å². The Morgan fingerprint density at radius 3 is 2.50 bits per heavy atom. The molecule has 190 valence electrons. The van der Waals surface area contributed by atoms with Gasteiger partial charge in [0, 0.05) is 23.1 Å². The van der Waals surface area contributed by atoms with E-state index in [-0.39, 0.29) is 12.5 Å². The summed E-state index contributed by atoms with van der Waals surface area (Å²) in [6.45, 7) is 0.331. The van der Waals surface area contributed by atoms with E-state index in [1.807, 2.05) is 66.7 Å². The third-order valence-corrected chi connectivity index (χ3v) is 6.84. The molecular weight excluding hydrogens is 523 g/mol. The minimum atomic E-state index is -0.417. The largest absolute Gasteiger partial charge is 0.489 e. The summed E-state index contributed by atoms with van der Waals surface area (Å²) in [5, 5.41) is 5.60. The Morgan fingerprint density at radius 2 is 1.66 bits per heavy atom. The molecule has 5 aromatic rings. The molecule has 0 aliphatic carbocycles. The number of amides is 1. The fourth-order valence-corrected chi connectivity index (χ4v) is 4.69. The van der Waals surface area contributed by atoms with Crippen LogP contribution >= 0.6 is 22.9 Å². The number of thiazole rings is 1. The maximum atomic E-state index is 14.0. The molecule has 0 aliphatic rings. The number of hydrogen-bond acceptors (Lipinski definition) is 5. The van der Waals surface area contributed by atoms with Crippen molar-refractivity contribution >= 4 is 28.8 Å². The van der Waals surface area contributed by atoms with Crippen molar-refractivity contribution in [3.05, 3.63) is 130 Å². The first-order chi connectivity index (χ1) is 18.5. The minimum Gasteiger partial charge on any atom is -0.489 e. The number of nitrogens with zero attached hydrogens (tertiary/aromatic N) is 1. The van der Waals surface area contributed by atoms with Gasteiger partial charge in [0.25, 0.3) is 5.91 Å². The van der Waals surface area contributed by atoms with Gasteiger partial charge in [-0.1, -0.05) is 60.1 Å². The van der Waals surface area contributed by atoms with Crippen LogP contribution in [0.1, 0.15) is 21.6 Å². The molecule has 4 aromatic carbocycles. The van der Waals surface area contributed by atoms with Crippen molar-refractivity contribution in [1.82, 2.24) is 10.3 Å². The monoisotopic (exact) mass is 544 g/mol. The molecule has 8 heteroatoms. The van der Waals surface area contributed by atoms with Crippen molar-refractivity contribution in [3.8, 4) is 27.8 Å². The van der Waals surface area contributed by atoms with Crippen LogP contribution in [-0.2, 0) is 13.2 Å². The zero-order valence-electron chi connectivity index (χ0n) is 20.1. The minimum absolute atomic E-state index is 0.00191. The number of ether oxygens (including phenoxy) is 2. The second kappa shape index (κ2) is 11.9. The summed E-state index contributed by atoms with van der Waals surface area (Å²) in [4.78, 5) is 17.3. The van der Waals surface area contributed by atoms with E-state index in [0.717, 1.165) is 16.9 Å². The van der Waals surface area contributed by atoms with Gasteiger partial charge >= 0.3 is 0 Å². The SMILES string of the molecule is O=C(NCc1cccc(Oc2ccccc2)c1)c1csc(-c2cccc(OCc3c(F)cccc3Cl)c2)n1. The molecule has 5 nitrogen and oxygen atoms in total. The maximum absolute atomic E-state index is 14.0. The van der Waals surface area contributed by atoms with Crippen molar-refractivity contribution in [2.24, 2.45) is 0 Å². The van der Waals surface area contributed by atoms with Crippen molar-refractivity contribution in [2.45, 2.75) is 13.2 Å². The molecule has 0 aliphatic heterocycles. The molecule has 0 saturated heterocycles. The van der Waals surface area contributed by atoms with E-state index in [1.54, 1.807) is 29.6 Å². The number of carbonyl (C=O) groups excluding carboxylic acids is 1. The summed E-state index contributed by atoms with van der Waals surface area (Å²) in [5.74, 6) is 1.29. The molecule has 1 aromatic heterocycles. The summed E-state index contributed by atoms with van der Waals surface area (Å²) in [7, 11) is 0. The van der Waals surface area contributed by atoms with Crippen molar-refractivity contribution in [1.29, 1.82) is 0 Å². The highest BCUT2D eigenvalue weighted by molar-refractivity contribution is 7.13. The van der Waals surface area contributed by atoms with Crippen LogP contribution in [-0.4, -0.2) is 10.9 Å². The third kappa shape index (κ3) is 6.37. The third-order valence-electron chi connectivity index (χ3n) is 5.59. The average molecular weight is 545 g/mol. The lowest BCUT2D eigenvalue weighted by Gasteiger charge is -2.09. The van der Waals surface area contributed by atoms with Crippen molar-refractivity contribution in [3.63, 3.8) is 0 Å². The normalized spacial score (nSPS) is 10.7. The number of halogens is 2. The summed E-state index contributed by atoms with van der Waals surface area (Å²) in [6, 6.07) is 28.9. The Hall–Kier alpha value is -4.20. The molecule has 0 unspecified atom stereocenters. The molecule has 38 heavy (non-hydrogen) atoms. The molecule has 0 fully saturated rings. The Balaban J connectivity index is 1.20. The van der Waals surface area contributed by atoms with Crippen LogP contribution in [0.3, 0.4) is 0 Å². The fraction of sp³-hybridized carbons (Fsp3) is 0.0667. The van der Waals surface area contributed by atoms with Crippen LogP contribution in [0.15, 0.2) is 102 Å². The lowest BCUT2D eigenvalue weighted by atomic mass is 10.2. The van der Waals surface area contributed by atoms with Gasteiger partial charge in [0.15, 0.2) is 0 Å². The highest BCUT2D eigenvalue weighted by Crippen LogP contribution is 2.28. The van der Waals surface area contributed by atoms with E-state index in [4.69, 9.17) is 21.1 Å². The van der Waals surface area contributed by atoms with Crippen LogP contribution in [0.5, 0.6) is 17.2 Å². The van der Waals surface area contributed by atoms with E-state index >= 15 is 0 Å². The predicted octanol–water partition coefficient (Wildman–Crippen LogP) is 7.90. The first-order valence-corrected chi connectivity index (χ1v) is 13.0. The Morgan fingerprint density at radius 1 is 0.895 bits per heavy atom. The zero-order valence-corrected chi connectivity index (χ0v) is 21.6. The number of nitrogens with one attached hydrogen (secondary N) is 1. The number of rotatable bonds is 9. The van der Waals surface area contributed by atoms with E-state index in [0.29, 0.717) is 39.3 Å². The molecular formula is C30H22ClFN2O3S. The number of benzene rings is 4. The van der Waals surface area contributed by atoms with Gasteiger partial charge in [-0.15, -0.1) is 11.3 Å². The van der Waals surface area contributed by atoms with Crippen LogP contribution in [0, 0.1) is 5.82 Å². The summed E-state index contributed by atoms with van der Waals surface area (Å²) < 4.78 is 25.7. The molecule has 0 saturated carbocycles. The quantitative estimate of drug-likeness (QED) is 0.205. The zero-order chi connectivity index (χ0) is 26.3. The molecule has 5 rings (SSSR count). The van der Waals surface area contributed by atoms with E-state index in [1.165, 1.54) is 17.4 Å². The topological polar surface area (TPSA) is 60.5 Å². The Labute approximate surface area is 228 Å². The molecule has 1 amide bonds. The molecule has 0 spiro atoms. The van der Waals surface area contributed by atoms with Crippen molar-refractivity contribution < 1.29 is 18.7 Å². The number of para-hydroxylation sites is 1. The molecule has 0 atom stereocenters. The van der Waals surface area contributed by atoms with Gasteiger partial charge in [0.1, 0.15) is 40.4 Å². The first-order valence-electron chi connectivity index (χ1n) is 11.8. The highest BCUT2D eigenvalue weighted by atomic mass is 35.5. The smallest absolute Gasteiger partial charge is 0.271 e. The second-order valence-corrected chi connectivity index (χ2v) is 9.57. The summed E-state index contributed by atoms with van der Waals surface area (Å²) >= 11 is 7.44. The van der Waals surface area contributed by atoms with Gasteiger partial charge in [-0.2, -0.15) is 0 Å². The van der Waals surface area contributed by atoms with Crippen LogP contribution in [0.25, 0.3) is 10.6 Å². The molecule has 0 radical (unpaired) electrons. The number of carbonyl (C=O) groups is 1. The predicted molar refractivity (Wildman–Crippen MR) is 147 cm³/mol. The average Bonchev–Trinajstić information content (AvgIpc) is 3.43. The number of aromatic nitrogens is 1. The van der Waals surface area contributed by atoms with Gasteiger partial charge in [-0.3, -0.25) is 4.79 Å². The van der Waals surface area contributed by atoms with Gasteiger partial charge < -0.3 is 14.8 Å². The van der Waals surface area contributed by atoms with Gasteiger partial charge in [-0.05, 0) is 54.1 Å². The van der Waals surface area contributed by atoms with Gasteiger partial charge in [0.2, 0.25) is 0 Å². The maximum Gasteiger partial charge on any atom is 0.271 e. The molecule has 1 heterocycles. The van der Waals surface area contributed by atoms with Crippen molar-refractivity contribution in [2.75, 3.05) is 0 Å². The van der Waals surface area contributed by atoms with Crippen LogP contribution in [0.4, 0.5) is 4.39 Å². The second-order valence-electron chi connectivity index (χ2n) is 8.30. The lowest BCUT2D eigenvalue weighted by Crippen LogP contribution is -2.23. The van der Waals surface area contributed by atoms with E-state index in [2.05, 4.69) is 10.3 Å². The summed E-state index contributed by atoms with van der Waals surface area (Å²) in [6.07, 6.45) is 0. The summed E-state index contributed by atoms with van der Waals surface area (Å²) in [5.41, 5.74) is 2.31. The Kier molecular flexibility index (Phi) is 7.97. The standard InChI is InChI=1S/C30H22ClFN2O3S/c31-26-13-6-14-27(32)25(26)18-36-23-11-5-8-21(16-23)30-34-28(19-38-30)29(35)33-17-20-7-4-12-24(15-20)37-22-9-2-1-3-10-22/h1-16,19H,17-18H2,(H,33,35). The number of hydrogen-bond donors (Lipinski definition) is 1. The van der Waals surface area contributed by atoms with Gasteiger partial charge in [-0.25, -0.2) is 9.37 Å². The Bertz CT molecular complexity index is 1540. The van der Waals surface area contributed by atoms with E-state index < -0.39 is 5.82 Å². The first kappa shape index (κ1) is 25.4. The molecule has 0 bridgehead atoms. The van der Waals surface area contributed by atoms with Crippen LogP contribution < -0.4 is 14.8 Å².